The Bertz CT molecular complexity index is 2030. The lowest BCUT2D eigenvalue weighted by Gasteiger charge is -2.24. The predicted molar refractivity (Wildman–Crippen MR) is 290 cm³/mol. The second-order valence-electron chi connectivity index (χ2n) is 21.7. The van der Waals surface area contributed by atoms with E-state index >= 15 is 0 Å². The maximum atomic E-state index is 13.5. The third-order valence-corrected chi connectivity index (χ3v) is 11.5. The molecular formula is C52H87N7O14S2. The molecule has 1 rings (SSSR count). The standard InChI is InChI=1S/C52H87N7O14S2/c1-34(60)74-32-36-24-25-38(31-37(36)33-75-35(2)61)69-30-29-55-44(64)41(59-48(68)73-52(12,13)14)22-16-19-27-53-42(62)39(57-46(66)71-50(6,7)8)21-15-18-26-54-43(63)40(58-47(67)72-51(9,10)11)23-17-20-28-56-45(65)70-49(3,4)5/h24-25,31,39-41H,15-23,26-30,32-33H2,1-14H3,(H,53,62)(H,54,63)(H,55,64)(H,56,65)(H,57,66)(H,58,67)(H,59,68)/t39-,40-,41-/m0/s1. The lowest BCUT2D eigenvalue weighted by atomic mass is 10.1. The van der Waals surface area contributed by atoms with Gasteiger partial charge in [0.15, 0.2) is 10.2 Å². The molecule has 0 radical (unpaired) electrons. The van der Waals surface area contributed by atoms with Crippen LogP contribution in [0.15, 0.2) is 18.2 Å². The Morgan fingerprint density at radius 3 is 1.13 bits per heavy atom. The van der Waals surface area contributed by atoms with Gasteiger partial charge in [-0.15, -0.1) is 0 Å². The lowest BCUT2D eigenvalue weighted by molar-refractivity contribution is -0.124. The fourth-order valence-electron chi connectivity index (χ4n) is 6.54. The lowest BCUT2D eigenvalue weighted by Crippen LogP contribution is -2.49. The number of unbranched alkanes of at least 4 members (excludes halogenated alkanes) is 3. The first-order valence-corrected chi connectivity index (χ1v) is 27.5. The van der Waals surface area contributed by atoms with Gasteiger partial charge in [0, 0.05) is 45.0 Å². The molecule has 0 bridgehead atoms. The Kier molecular flexibility index (Phi) is 30.2. The van der Waals surface area contributed by atoms with Gasteiger partial charge >= 0.3 is 24.4 Å². The normalized spacial score (nSPS) is 12.9. The van der Waals surface area contributed by atoms with E-state index in [9.17, 15) is 43.2 Å². The summed E-state index contributed by atoms with van der Waals surface area (Å²) >= 11 is 2.32. The van der Waals surface area contributed by atoms with Gasteiger partial charge in [0.1, 0.15) is 52.9 Å². The molecule has 0 aliphatic carbocycles. The fraction of sp³-hybridized carbons (Fsp3) is 0.712. The minimum absolute atomic E-state index is 0.0207. The van der Waals surface area contributed by atoms with Crippen molar-refractivity contribution < 1.29 is 66.8 Å². The number of nitrogens with one attached hydrogen (secondary N) is 7. The molecule has 7 N–H and O–H groups in total. The first-order valence-electron chi connectivity index (χ1n) is 25.5. The number of rotatable bonds is 29. The number of ether oxygens (including phenoxy) is 5. The molecule has 0 aliphatic rings. The fourth-order valence-corrected chi connectivity index (χ4v) is 7.81. The van der Waals surface area contributed by atoms with Gasteiger partial charge in [-0.2, -0.15) is 0 Å². The number of hydrogen-bond acceptors (Lipinski definition) is 16. The van der Waals surface area contributed by atoms with Gasteiger partial charge in [-0.05, 0) is 164 Å². The average Bonchev–Trinajstić information content (AvgIpc) is 3.24. The van der Waals surface area contributed by atoms with Gasteiger partial charge in [0.2, 0.25) is 17.7 Å². The Morgan fingerprint density at radius 2 is 0.773 bits per heavy atom. The van der Waals surface area contributed by atoms with E-state index < -0.39 is 82.6 Å². The summed E-state index contributed by atoms with van der Waals surface area (Å²) in [6.45, 7) is 24.5. The first-order chi connectivity index (χ1) is 34.7. The van der Waals surface area contributed by atoms with Crippen LogP contribution in [0.3, 0.4) is 0 Å². The molecule has 0 aromatic heterocycles. The molecule has 1 aromatic rings. The van der Waals surface area contributed by atoms with Crippen molar-refractivity contribution in [2.75, 3.05) is 32.8 Å². The average molecular weight is 1100 g/mol. The van der Waals surface area contributed by atoms with E-state index in [-0.39, 0.29) is 55.7 Å². The zero-order valence-corrected chi connectivity index (χ0v) is 48.4. The summed E-state index contributed by atoms with van der Waals surface area (Å²) in [5, 5.41) is 19.0. The van der Waals surface area contributed by atoms with Crippen LogP contribution in [0, 0.1) is 0 Å². The molecule has 0 unspecified atom stereocenters. The molecule has 0 saturated heterocycles. The summed E-state index contributed by atoms with van der Waals surface area (Å²) in [7, 11) is 0. The molecule has 426 valence electrons. The molecule has 0 saturated carbocycles. The molecular weight excluding hydrogens is 1010 g/mol. The molecule has 7 amide bonds. The maximum absolute atomic E-state index is 13.5. The van der Waals surface area contributed by atoms with Gasteiger partial charge in [-0.3, -0.25) is 24.0 Å². The number of benzene rings is 1. The monoisotopic (exact) mass is 1100 g/mol. The summed E-state index contributed by atoms with van der Waals surface area (Å²) < 4.78 is 27.4. The third kappa shape index (κ3) is 35.4. The van der Waals surface area contributed by atoms with Crippen LogP contribution >= 0.6 is 23.5 Å². The summed E-state index contributed by atoms with van der Waals surface area (Å²) in [5.41, 5.74) is -1.32. The molecule has 21 nitrogen and oxygen atoms in total. The van der Waals surface area contributed by atoms with Crippen molar-refractivity contribution >= 4 is 75.8 Å². The van der Waals surface area contributed by atoms with E-state index in [0.29, 0.717) is 62.3 Å². The molecule has 0 spiro atoms. The minimum atomic E-state index is -0.990. The van der Waals surface area contributed by atoms with Crippen molar-refractivity contribution in [3.8, 4) is 5.75 Å². The van der Waals surface area contributed by atoms with Crippen molar-refractivity contribution in [2.24, 2.45) is 0 Å². The Hall–Kier alpha value is -5.45. The molecule has 23 heteroatoms. The van der Waals surface area contributed by atoms with Gasteiger partial charge in [-0.1, -0.05) is 29.6 Å². The molecule has 0 heterocycles. The second-order valence-corrected chi connectivity index (χ2v) is 24.0. The van der Waals surface area contributed by atoms with Crippen LogP contribution in [0.25, 0.3) is 0 Å². The minimum Gasteiger partial charge on any atom is -0.492 e. The van der Waals surface area contributed by atoms with Gasteiger partial charge in [-0.25, -0.2) is 19.2 Å². The highest BCUT2D eigenvalue weighted by Crippen LogP contribution is 2.26. The Balaban J connectivity index is 2.90. The summed E-state index contributed by atoms with van der Waals surface area (Å²) in [4.78, 5) is 114. The number of carbonyl (C=O) groups excluding carboxylic acids is 9. The van der Waals surface area contributed by atoms with E-state index in [0.717, 1.165) is 22.9 Å². The van der Waals surface area contributed by atoms with Crippen LogP contribution < -0.4 is 42.0 Å². The van der Waals surface area contributed by atoms with Crippen LogP contribution in [-0.4, -0.2) is 126 Å². The van der Waals surface area contributed by atoms with E-state index in [4.69, 9.17) is 23.7 Å². The van der Waals surface area contributed by atoms with E-state index in [1.807, 2.05) is 12.1 Å². The number of amides is 7. The SMILES string of the molecule is CC(=O)SCc1ccc(OCCNC(=O)[C@H](CCCCNC(=O)[C@H](CCCCNC(=O)[C@H](CCCCNC(=O)OC(C)(C)C)NC(=O)OC(C)(C)C)NC(=O)OC(C)(C)C)NC(=O)OC(C)(C)C)cc1CSC(C)=O. The Morgan fingerprint density at radius 1 is 0.440 bits per heavy atom. The molecule has 0 aliphatic heterocycles. The van der Waals surface area contributed by atoms with Gasteiger partial charge in [0.05, 0.1) is 6.54 Å². The number of thioether (sulfide) groups is 2. The highest BCUT2D eigenvalue weighted by Gasteiger charge is 2.28. The number of carbonyl (C=O) groups is 9. The van der Waals surface area contributed by atoms with Crippen LogP contribution in [0.1, 0.15) is 166 Å². The molecule has 0 fully saturated rings. The zero-order chi connectivity index (χ0) is 57.0. The molecule has 75 heavy (non-hydrogen) atoms. The van der Waals surface area contributed by atoms with Crippen LogP contribution in [0.2, 0.25) is 0 Å². The number of alkyl carbamates (subject to hydrolysis) is 4. The maximum Gasteiger partial charge on any atom is 0.408 e. The van der Waals surface area contributed by atoms with Crippen LogP contribution in [-0.2, 0) is 54.4 Å². The van der Waals surface area contributed by atoms with Crippen molar-refractivity contribution in [3.63, 3.8) is 0 Å². The zero-order valence-electron chi connectivity index (χ0n) is 46.8. The quantitative estimate of drug-likeness (QED) is 0.0299. The van der Waals surface area contributed by atoms with Gasteiger partial charge in [0.25, 0.3) is 0 Å². The smallest absolute Gasteiger partial charge is 0.408 e. The summed E-state index contributed by atoms with van der Waals surface area (Å²) in [5.74, 6) is 0.0136. The van der Waals surface area contributed by atoms with Gasteiger partial charge < -0.3 is 60.9 Å². The summed E-state index contributed by atoms with van der Waals surface area (Å²) in [6, 6.07) is 2.52. The molecule has 3 atom stereocenters. The first kappa shape index (κ1) is 67.6. The van der Waals surface area contributed by atoms with E-state index in [1.165, 1.54) is 25.6 Å². The predicted octanol–water partition coefficient (Wildman–Crippen LogP) is 7.69. The summed E-state index contributed by atoms with van der Waals surface area (Å²) in [6.07, 6.45) is 0.427. The van der Waals surface area contributed by atoms with Crippen LogP contribution in [0.5, 0.6) is 5.75 Å². The van der Waals surface area contributed by atoms with Crippen LogP contribution in [0.4, 0.5) is 19.2 Å². The topological polar surface area (TPSA) is 284 Å². The van der Waals surface area contributed by atoms with Crippen molar-refractivity contribution in [2.45, 2.75) is 207 Å². The number of hydrogen-bond donors (Lipinski definition) is 7. The highest BCUT2D eigenvalue weighted by atomic mass is 32.2. The largest absolute Gasteiger partial charge is 0.492 e. The Labute approximate surface area is 452 Å². The molecule has 1 aromatic carbocycles. The van der Waals surface area contributed by atoms with Crippen molar-refractivity contribution in [1.82, 2.24) is 37.2 Å². The van der Waals surface area contributed by atoms with Crippen molar-refractivity contribution in [3.05, 3.63) is 29.3 Å². The second kappa shape index (κ2) is 33.6. The van der Waals surface area contributed by atoms with E-state index in [2.05, 4.69) is 37.2 Å². The highest BCUT2D eigenvalue weighted by molar-refractivity contribution is 8.13. The van der Waals surface area contributed by atoms with Crippen molar-refractivity contribution in [1.29, 1.82) is 0 Å². The third-order valence-electron chi connectivity index (χ3n) is 9.76. The van der Waals surface area contributed by atoms with E-state index in [1.54, 1.807) is 89.2 Å².